The van der Waals surface area contributed by atoms with E-state index in [0.717, 1.165) is 25.7 Å². The fourth-order valence-corrected chi connectivity index (χ4v) is 4.69. The van der Waals surface area contributed by atoms with Crippen molar-refractivity contribution in [2.45, 2.75) is 18.1 Å². The van der Waals surface area contributed by atoms with Crippen LogP contribution in [0, 0.1) is 6.92 Å². The molecular formula is C15H16BrNO4S2. The molecule has 2 aromatic rings. The van der Waals surface area contributed by atoms with Gasteiger partial charge in [-0.3, -0.25) is 9.10 Å². The molecule has 0 amide bonds. The van der Waals surface area contributed by atoms with Gasteiger partial charge in [-0.05, 0) is 49.1 Å². The first-order valence-corrected chi connectivity index (χ1v) is 9.95. The predicted octanol–water partition coefficient (Wildman–Crippen LogP) is 3.58. The smallest absolute Gasteiger partial charge is 0.326 e. The molecular weight excluding hydrogens is 402 g/mol. The lowest BCUT2D eigenvalue weighted by Gasteiger charge is -2.23. The van der Waals surface area contributed by atoms with Crippen molar-refractivity contribution in [3.05, 3.63) is 45.7 Å². The maximum atomic E-state index is 12.8. The van der Waals surface area contributed by atoms with Gasteiger partial charge in [0, 0.05) is 4.47 Å². The summed E-state index contributed by atoms with van der Waals surface area (Å²) < 4.78 is 32.7. The highest BCUT2D eigenvalue weighted by molar-refractivity contribution is 9.10. The second kappa shape index (κ2) is 7.46. The maximum Gasteiger partial charge on any atom is 0.326 e. The zero-order valence-corrected chi connectivity index (χ0v) is 15.9. The minimum atomic E-state index is -3.82. The Morgan fingerprint density at radius 3 is 2.65 bits per heavy atom. The molecule has 1 aromatic carbocycles. The van der Waals surface area contributed by atoms with Gasteiger partial charge in [-0.1, -0.05) is 22.0 Å². The summed E-state index contributed by atoms with van der Waals surface area (Å²) in [6, 6.07) is 8.31. The topological polar surface area (TPSA) is 63.7 Å². The van der Waals surface area contributed by atoms with Crippen molar-refractivity contribution in [3.63, 3.8) is 0 Å². The van der Waals surface area contributed by atoms with Crippen molar-refractivity contribution >= 4 is 48.9 Å². The number of sulfonamides is 1. The Hall–Kier alpha value is -1.38. The van der Waals surface area contributed by atoms with Crippen LogP contribution >= 0.6 is 27.3 Å². The van der Waals surface area contributed by atoms with Gasteiger partial charge in [0.1, 0.15) is 10.8 Å². The van der Waals surface area contributed by atoms with Crippen molar-refractivity contribution in [1.82, 2.24) is 0 Å². The van der Waals surface area contributed by atoms with Crippen LogP contribution < -0.4 is 4.31 Å². The Labute approximate surface area is 148 Å². The van der Waals surface area contributed by atoms with Crippen molar-refractivity contribution < 1.29 is 17.9 Å². The van der Waals surface area contributed by atoms with E-state index in [4.69, 9.17) is 4.74 Å². The molecule has 0 aliphatic rings. The van der Waals surface area contributed by atoms with E-state index in [2.05, 4.69) is 15.9 Å². The van der Waals surface area contributed by atoms with Gasteiger partial charge in [0.15, 0.2) is 0 Å². The molecule has 0 aliphatic carbocycles. The number of anilines is 1. The number of carbonyl (C=O) groups is 1. The lowest BCUT2D eigenvalue weighted by Crippen LogP contribution is -2.36. The molecule has 2 rings (SSSR count). The number of ether oxygens (including phenoxy) is 1. The number of thiophene rings is 1. The monoisotopic (exact) mass is 417 g/mol. The molecule has 0 atom stereocenters. The number of nitrogens with zero attached hydrogens (tertiary/aromatic N) is 1. The van der Waals surface area contributed by atoms with Gasteiger partial charge in [-0.25, -0.2) is 8.42 Å². The highest BCUT2D eigenvalue weighted by atomic mass is 79.9. The Morgan fingerprint density at radius 2 is 2.09 bits per heavy atom. The fraction of sp³-hybridized carbons (Fsp3) is 0.267. The van der Waals surface area contributed by atoms with Crippen molar-refractivity contribution in [1.29, 1.82) is 0 Å². The normalized spacial score (nSPS) is 11.3. The molecule has 1 aromatic heterocycles. The summed E-state index contributed by atoms with van der Waals surface area (Å²) >= 11 is 4.50. The first-order chi connectivity index (χ1) is 10.9. The molecule has 8 heteroatoms. The molecule has 1 heterocycles. The number of hydrogen-bond donors (Lipinski definition) is 0. The number of benzene rings is 1. The Balaban J connectivity index is 2.47. The van der Waals surface area contributed by atoms with Crippen LogP contribution in [0.1, 0.15) is 12.5 Å². The second-order valence-electron chi connectivity index (χ2n) is 4.68. The third-order valence-corrected chi connectivity index (χ3v) is 7.08. The lowest BCUT2D eigenvalue weighted by atomic mass is 10.2. The van der Waals surface area contributed by atoms with Crippen LogP contribution in [0.25, 0.3) is 0 Å². The van der Waals surface area contributed by atoms with E-state index in [9.17, 15) is 13.2 Å². The summed E-state index contributed by atoms with van der Waals surface area (Å²) in [5, 5.41) is 1.68. The molecule has 0 aliphatic heterocycles. The number of aryl methyl sites for hydroxylation is 1. The summed E-state index contributed by atoms with van der Waals surface area (Å²) in [7, 11) is -3.82. The molecule has 0 radical (unpaired) electrons. The van der Waals surface area contributed by atoms with Crippen LogP contribution in [0.15, 0.2) is 44.4 Å². The molecule has 0 spiro atoms. The highest BCUT2D eigenvalue weighted by Gasteiger charge is 2.28. The van der Waals surface area contributed by atoms with E-state index in [1.807, 2.05) is 6.92 Å². The summed E-state index contributed by atoms with van der Waals surface area (Å²) in [5.74, 6) is -0.590. The van der Waals surface area contributed by atoms with Crippen LogP contribution in [0.5, 0.6) is 0 Å². The van der Waals surface area contributed by atoms with Crippen LogP contribution in [-0.4, -0.2) is 27.5 Å². The molecule has 0 unspecified atom stereocenters. The zero-order chi connectivity index (χ0) is 17.0. The molecule has 0 saturated carbocycles. The molecule has 0 fully saturated rings. The second-order valence-corrected chi connectivity index (χ2v) is 8.57. The SMILES string of the molecule is CCOC(=O)CN(c1ccc(Br)c(C)c1)S(=O)(=O)c1cccs1. The predicted molar refractivity (Wildman–Crippen MR) is 94.4 cm³/mol. The Kier molecular flexibility index (Phi) is 5.83. The number of halogens is 1. The average molecular weight is 418 g/mol. The van der Waals surface area contributed by atoms with E-state index in [1.165, 1.54) is 6.07 Å². The van der Waals surface area contributed by atoms with Crippen LogP contribution in [-0.2, 0) is 19.6 Å². The average Bonchev–Trinajstić information content (AvgIpc) is 3.03. The van der Waals surface area contributed by atoms with Gasteiger partial charge < -0.3 is 4.74 Å². The van der Waals surface area contributed by atoms with Gasteiger partial charge in [0.05, 0.1) is 12.3 Å². The largest absolute Gasteiger partial charge is 0.465 e. The molecule has 5 nitrogen and oxygen atoms in total. The van der Waals surface area contributed by atoms with E-state index >= 15 is 0 Å². The van der Waals surface area contributed by atoms with E-state index in [-0.39, 0.29) is 17.4 Å². The quantitative estimate of drug-likeness (QED) is 0.673. The molecule has 124 valence electrons. The number of esters is 1. The fourth-order valence-electron chi connectivity index (χ4n) is 1.94. The molecule has 0 N–H and O–H groups in total. The summed E-state index contributed by atoms with van der Waals surface area (Å²) in [4.78, 5) is 11.9. The zero-order valence-electron chi connectivity index (χ0n) is 12.7. The molecule has 23 heavy (non-hydrogen) atoms. The molecule has 0 saturated heterocycles. The van der Waals surface area contributed by atoms with Gasteiger partial charge in [0.25, 0.3) is 10.0 Å². The lowest BCUT2D eigenvalue weighted by molar-refractivity contribution is -0.141. The number of hydrogen-bond acceptors (Lipinski definition) is 5. The van der Waals surface area contributed by atoms with Crippen molar-refractivity contribution in [3.8, 4) is 0 Å². The third kappa shape index (κ3) is 4.13. The van der Waals surface area contributed by atoms with Crippen molar-refractivity contribution in [2.75, 3.05) is 17.5 Å². The summed E-state index contributed by atoms with van der Waals surface area (Å²) in [6.07, 6.45) is 0. The molecule has 0 bridgehead atoms. The van der Waals surface area contributed by atoms with Gasteiger partial charge in [0.2, 0.25) is 0 Å². The van der Waals surface area contributed by atoms with Gasteiger partial charge in [-0.15, -0.1) is 11.3 Å². The highest BCUT2D eigenvalue weighted by Crippen LogP contribution is 2.29. The first-order valence-electron chi connectivity index (χ1n) is 6.84. The Morgan fingerprint density at radius 1 is 1.35 bits per heavy atom. The number of rotatable bonds is 6. The third-order valence-electron chi connectivity index (χ3n) is 3.05. The Bertz CT molecular complexity index is 788. The minimum Gasteiger partial charge on any atom is -0.465 e. The minimum absolute atomic E-state index is 0.183. The van der Waals surface area contributed by atoms with E-state index in [1.54, 1.807) is 36.6 Å². The summed E-state index contributed by atoms with van der Waals surface area (Å²) in [6.45, 7) is 3.37. The first kappa shape index (κ1) is 18.0. The standard InChI is InChI=1S/C15H16BrNO4S2/c1-3-21-14(18)10-17(12-6-7-13(16)11(2)9-12)23(19,20)15-5-4-8-22-15/h4-9H,3,10H2,1-2H3. The maximum absolute atomic E-state index is 12.8. The number of carbonyl (C=O) groups excluding carboxylic acids is 1. The summed E-state index contributed by atoms with van der Waals surface area (Å²) in [5.41, 5.74) is 1.30. The van der Waals surface area contributed by atoms with E-state index < -0.39 is 16.0 Å². The van der Waals surface area contributed by atoms with Crippen LogP contribution in [0.3, 0.4) is 0 Å². The van der Waals surface area contributed by atoms with Crippen LogP contribution in [0.2, 0.25) is 0 Å². The van der Waals surface area contributed by atoms with Crippen molar-refractivity contribution in [2.24, 2.45) is 0 Å². The van der Waals surface area contributed by atoms with Crippen LogP contribution in [0.4, 0.5) is 5.69 Å². The van der Waals surface area contributed by atoms with Gasteiger partial charge >= 0.3 is 5.97 Å². The van der Waals surface area contributed by atoms with E-state index in [0.29, 0.717) is 5.69 Å². The van der Waals surface area contributed by atoms with Gasteiger partial charge in [-0.2, -0.15) is 0 Å².